The van der Waals surface area contributed by atoms with Gasteiger partial charge in [0.15, 0.2) is 0 Å². The van der Waals surface area contributed by atoms with Gasteiger partial charge in [-0.2, -0.15) is 0 Å². The Kier molecular flexibility index (Phi) is 8.79. The minimum absolute atomic E-state index is 0.733. The van der Waals surface area contributed by atoms with Gasteiger partial charge in [0.25, 0.3) is 0 Å². The minimum atomic E-state index is 0.733. The van der Waals surface area contributed by atoms with Gasteiger partial charge in [-0.15, -0.1) is 0 Å². The van der Waals surface area contributed by atoms with Crippen LogP contribution in [0.25, 0.3) is 0 Å². The lowest BCUT2D eigenvalue weighted by Crippen LogP contribution is -2.15. The third-order valence-corrected chi connectivity index (χ3v) is 3.76. The molecule has 4 nitrogen and oxygen atoms in total. The Bertz CT molecular complexity index is 392. The first kappa shape index (κ1) is 17.7. The van der Waals surface area contributed by atoms with Gasteiger partial charge in [-0.25, -0.2) is 9.97 Å². The van der Waals surface area contributed by atoms with Crippen LogP contribution in [0.4, 0.5) is 11.6 Å². The van der Waals surface area contributed by atoms with Crippen LogP contribution in [0.2, 0.25) is 0 Å². The fourth-order valence-corrected chi connectivity index (χ4v) is 2.28. The van der Waals surface area contributed by atoms with Crippen molar-refractivity contribution in [3.63, 3.8) is 0 Å². The van der Waals surface area contributed by atoms with Crippen LogP contribution in [-0.4, -0.2) is 23.1 Å². The van der Waals surface area contributed by atoms with E-state index in [-0.39, 0.29) is 0 Å². The molecule has 0 amide bonds. The van der Waals surface area contributed by atoms with Crippen molar-refractivity contribution in [2.75, 3.05) is 23.7 Å². The van der Waals surface area contributed by atoms with Crippen LogP contribution in [0.1, 0.15) is 65.6 Å². The maximum Gasteiger partial charge on any atom is 0.132 e. The summed E-state index contributed by atoms with van der Waals surface area (Å²) in [5.41, 5.74) is 0. The van der Waals surface area contributed by atoms with Crippen molar-refractivity contribution in [3.8, 4) is 0 Å². The van der Waals surface area contributed by atoms with Crippen molar-refractivity contribution in [3.05, 3.63) is 11.9 Å². The molecule has 0 spiro atoms. The van der Waals surface area contributed by atoms with E-state index in [2.05, 4.69) is 48.3 Å². The summed E-state index contributed by atoms with van der Waals surface area (Å²) in [6.45, 7) is 10.7. The van der Waals surface area contributed by atoms with Gasteiger partial charge in [-0.1, -0.05) is 47.0 Å². The van der Waals surface area contributed by atoms with E-state index in [9.17, 15) is 0 Å². The first-order valence-electron chi connectivity index (χ1n) is 8.59. The number of hydrogen-bond acceptors (Lipinski definition) is 4. The molecule has 1 unspecified atom stereocenters. The maximum absolute atomic E-state index is 4.58. The van der Waals surface area contributed by atoms with Crippen molar-refractivity contribution in [2.45, 2.75) is 66.2 Å². The summed E-state index contributed by atoms with van der Waals surface area (Å²) in [7, 11) is 0. The Balaban J connectivity index is 2.63. The molecule has 4 heteroatoms. The number of nitrogens with one attached hydrogen (secondary N) is 2. The highest BCUT2D eigenvalue weighted by molar-refractivity contribution is 5.47. The predicted molar refractivity (Wildman–Crippen MR) is 92.0 cm³/mol. The van der Waals surface area contributed by atoms with Crippen molar-refractivity contribution in [2.24, 2.45) is 5.92 Å². The summed E-state index contributed by atoms with van der Waals surface area (Å²) in [6, 6.07) is 2.03. The van der Waals surface area contributed by atoms with E-state index in [0.717, 1.165) is 49.3 Å². The lowest BCUT2D eigenvalue weighted by molar-refractivity contribution is 0.472. The zero-order chi connectivity index (χ0) is 15.5. The van der Waals surface area contributed by atoms with Gasteiger partial charge in [0.1, 0.15) is 17.5 Å². The normalized spacial score (nSPS) is 12.2. The summed E-state index contributed by atoms with van der Waals surface area (Å²) >= 11 is 0. The predicted octanol–water partition coefficient (Wildman–Crippen LogP) is 4.49. The highest BCUT2D eigenvalue weighted by atomic mass is 15.1. The molecule has 1 aromatic rings. The molecule has 0 radical (unpaired) electrons. The molecule has 120 valence electrons. The molecule has 0 saturated carbocycles. The van der Waals surface area contributed by atoms with Gasteiger partial charge in [-0.05, 0) is 18.8 Å². The second-order valence-electron chi connectivity index (χ2n) is 5.63. The van der Waals surface area contributed by atoms with Gasteiger partial charge in [-0.3, -0.25) is 0 Å². The average Bonchev–Trinajstić information content (AvgIpc) is 2.52. The summed E-state index contributed by atoms with van der Waals surface area (Å²) in [5.74, 6) is 3.53. The van der Waals surface area contributed by atoms with E-state index < -0.39 is 0 Å². The van der Waals surface area contributed by atoms with Crippen LogP contribution in [-0.2, 0) is 6.42 Å². The van der Waals surface area contributed by atoms with E-state index in [4.69, 9.17) is 0 Å². The molecular formula is C17H32N4. The zero-order valence-electron chi connectivity index (χ0n) is 14.2. The molecule has 0 aliphatic carbocycles. The summed E-state index contributed by atoms with van der Waals surface area (Å²) < 4.78 is 0. The van der Waals surface area contributed by atoms with E-state index in [0.29, 0.717) is 0 Å². The number of aryl methyl sites for hydroxylation is 1. The van der Waals surface area contributed by atoms with Crippen LogP contribution < -0.4 is 10.6 Å². The van der Waals surface area contributed by atoms with Gasteiger partial charge >= 0.3 is 0 Å². The summed E-state index contributed by atoms with van der Waals surface area (Å²) in [5, 5.41) is 6.86. The van der Waals surface area contributed by atoms with E-state index in [1.54, 1.807) is 0 Å². The smallest absolute Gasteiger partial charge is 0.132 e. The monoisotopic (exact) mass is 292 g/mol. The van der Waals surface area contributed by atoms with Gasteiger partial charge in [0, 0.05) is 25.6 Å². The fourth-order valence-electron chi connectivity index (χ4n) is 2.28. The quantitative estimate of drug-likeness (QED) is 0.631. The molecule has 0 fully saturated rings. The zero-order valence-corrected chi connectivity index (χ0v) is 14.2. The van der Waals surface area contributed by atoms with Crippen LogP contribution >= 0.6 is 0 Å². The SMILES string of the molecule is CCCCC(CC)CNc1cc(NCCC)nc(CC)n1. The maximum atomic E-state index is 4.58. The summed E-state index contributed by atoms with van der Waals surface area (Å²) in [4.78, 5) is 9.11. The molecule has 0 aliphatic rings. The third kappa shape index (κ3) is 6.78. The van der Waals surface area contributed by atoms with E-state index in [1.165, 1.54) is 25.7 Å². The van der Waals surface area contributed by atoms with Crippen molar-refractivity contribution in [1.29, 1.82) is 0 Å². The Morgan fingerprint density at radius 2 is 1.71 bits per heavy atom. The number of anilines is 2. The second-order valence-corrected chi connectivity index (χ2v) is 5.63. The molecule has 0 bridgehead atoms. The second kappa shape index (κ2) is 10.4. The topological polar surface area (TPSA) is 49.8 Å². The Morgan fingerprint density at radius 1 is 1.00 bits per heavy atom. The summed E-state index contributed by atoms with van der Waals surface area (Å²) in [6.07, 6.45) is 7.07. The molecule has 1 aromatic heterocycles. The average molecular weight is 292 g/mol. The largest absolute Gasteiger partial charge is 0.370 e. The number of hydrogen-bond donors (Lipinski definition) is 2. The first-order chi connectivity index (χ1) is 10.2. The standard InChI is InChI=1S/C17H32N4/c1-5-9-10-14(7-3)13-19-17-12-16(18-11-6-2)20-15(8-4)21-17/h12,14H,5-11,13H2,1-4H3,(H2,18,19,20,21). The number of unbranched alkanes of at least 4 members (excludes halogenated alkanes) is 1. The number of nitrogens with zero attached hydrogens (tertiary/aromatic N) is 2. The Labute approximate surface area is 130 Å². The first-order valence-corrected chi connectivity index (χ1v) is 8.59. The molecule has 2 N–H and O–H groups in total. The molecular weight excluding hydrogens is 260 g/mol. The van der Waals surface area contributed by atoms with Crippen molar-refractivity contribution in [1.82, 2.24) is 9.97 Å². The Hall–Kier alpha value is -1.32. The van der Waals surface area contributed by atoms with Crippen molar-refractivity contribution < 1.29 is 0 Å². The Morgan fingerprint density at radius 3 is 2.29 bits per heavy atom. The molecule has 0 aromatic carbocycles. The highest BCUT2D eigenvalue weighted by Crippen LogP contribution is 2.16. The number of rotatable bonds is 11. The number of aromatic nitrogens is 2. The molecule has 1 heterocycles. The fraction of sp³-hybridized carbons (Fsp3) is 0.765. The highest BCUT2D eigenvalue weighted by Gasteiger charge is 2.08. The van der Waals surface area contributed by atoms with Gasteiger partial charge in [0.05, 0.1) is 0 Å². The lowest BCUT2D eigenvalue weighted by atomic mass is 9.99. The van der Waals surface area contributed by atoms with Crippen LogP contribution in [0, 0.1) is 5.92 Å². The van der Waals surface area contributed by atoms with Crippen molar-refractivity contribution >= 4 is 11.6 Å². The van der Waals surface area contributed by atoms with Gasteiger partial charge < -0.3 is 10.6 Å². The molecule has 0 aliphatic heterocycles. The van der Waals surface area contributed by atoms with Crippen LogP contribution in [0.5, 0.6) is 0 Å². The molecule has 1 rings (SSSR count). The van der Waals surface area contributed by atoms with Gasteiger partial charge in [0.2, 0.25) is 0 Å². The minimum Gasteiger partial charge on any atom is -0.370 e. The lowest BCUT2D eigenvalue weighted by Gasteiger charge is -2.16. The molecule has 21 heavy (non-hydrogen) atoms. The van der Waals surface area contributed by atoms with E-state index >= 15 is 0 Å². The molecule has 1 atom stereocenters. The van der Waals surface area contributed by atoms with Crippen LogP contribution in [0.15, 0.2) is 6.07 Å². The van der Waals surface area contributed by atoms with E-state index in [1.807, 2.05) is 6.07 Å². The van der Waals surface area contributed by atoms with Crippen LogP contribution in [0.3, 0.4) is 0 Å². The molecule has 0 saturated heterocycles. The third-order valence-electron chi connectivity index (χ3n) is 3.76.